The van der Waals surface area contributed by atoms with E-state index in [9.17, 15) is 18.8 Å². The Hall–Kier alpha value is -3.68. The number of benzene rings is 2. The SMILES string of the molecule is CO/C(=C1/C(=O)N(C(C)=O)c2cc(F)ccc21)c1ccc(CNC(=O)OC(C)(C)C)cc1. The zero-order valence-electron chi connectivity index (χ0n) is 18.6. The van der Waals surface area contributed by atoms with E-state index in [0.717, 1.165) is 16.5 Å². The van der Waals surface area contributed by atoms with Gasteiger partial charge < -0.3 is 14.8 Å². The van der Waals surface area contributed by atoms with Gasteiger partial charge in [0.25, 0.3) is 5.91 Å². The molecule has 1 heterocycles. The zero-order valence-corrected chi connectivity index (χ0v) is 18.6. The molecule has 3 amide bonds. The largest absolute Gasteiger partial charge is 0.495 e. The maximum Gasteiger partial charge on any atom is 0.407 e. The van der Waals surface area contributed by atoms with Crippen LogP contribution in [-0.2, 0) is 25.6 Å². The van der Waals surface area contributed by atoms with Crippen molar-refractivity contribution in [2.45, 2.75) is 39.8 Å². The molecular formula is C24H25FN2O5. The van der Waals surface area contributed by atoms with E-state index in [2.05, 4.69) is 5.32 Å². The highest BCUT2D eigenvalue weighted by molar-refractivity contribution is 6.42. The average Bonchev–Trinajstić information content (AvgIpc) is 2.98. The second-order valence-corrected chi connectivity index (χ2v) is 8.28. The molecule has 7 nitrogen and oxygen atoms in total. The second kappa shape index (κ2) is 8.82. The Morgan fingerprint density at radius 2 is 1.75 bits per heavy atom. The molecule has 168 valence electrons. The van der Waals surface area contributed by atoms with E-state index in [0.29, 0.717) is 11.1 Å². The quantitative estimate of drug-likeness (QED) is 0.567. The lowest BCUT2D eigenvalue weighted by Crippen LogP contribution is -2.32. The number of hydrogen-bond acceptors (Lipinski definition) is 5. The number of carbonyl (C=O) groups is 3. The number of ether oxygens (including phenoxy) is 2. The molecule has 1 aliphatic heterocycles. The maximum atomic E-state index is 13.8. The third kappa shape index (κ3) is 4.80. The first-order valence-electron chi connectivity index (χ1n) is 10.0. The molecule has 0 saturated heterocycles. The molecule has 3 rings (SSSR count). The van der Waals surface area contributed by atoms with Crippen LogP contribution in [0.4, 0.5) is 14.9 Å². The molecule has 2 aromatic carbocycles. The van der Waals surface area contributed by atoms with Crippen LogP contribution >= 0.6 is 0 Å². The highest BCUT2D eigenvalue weighted by atomic mass is 19.1. The lowest BCUT2D eigenvalue weighted by atomic mass is 10.0. The summed E-state index contributed by atoms with van der Waals surface area (Å²) in [5.41, 5.74) is 1.60. The molecule has 0 spiro atoms. The van der Waals surface area contributed by atoms with Gasteiger partial charge in [-0.1, -0.05) is 24.3 Å². The number of carbonyl (C=O) groups excluding carboxylic acids is 3. The van der Waals surface area contributed by atoms with Crippen molar-refractivity contribution in [3.8, 4) is 0 Å². The van der Waals surface area contributed by atoms with Crippen LogP contribution in [0.1, 0.15) is 44.4 Å². The van der Waals surface area contributed by atoms with Crippen LogP contribution in [0.5, 0.6) is 0 Å². The number of amides is 3. The van der Waals surface area contributed by atoms with Crippen molar-refractivity contribution < 1.29 is 28.2 Å². The molecule has 0 unspecified atom stereocenters. The number of hydrogen-bond donors (Lipinski definition) is 1. The van der Waals surface area contributed by atoms with Gasteiger partial charge in [-0.2, -0.15) is 0 Å². The topological polar surface area (TPSA) is 84.9 Å². The van der Waals surface area contributed by atoms with Crippen molar-refractivity contribution in [2.24, 2.45) is 0 Å². The van der Waals surface area contributed by atoms with Gasteiger partial charge in [-0.3, -0.25) is 9.59 Å². The van der Waals surface area contributed by atoms with Crippen molar-refractivity contribution in [1.29, 1.82) is 0 Å². The summed E-state index contributed by atoms with van der Waals surface area (Å²) >= 11 is 0. The molecule has 0 fully saturated rings. The van der Waals surface area contributed by atoms with Crippen LogP contribution in [0.25, 0.3) is 11.3 Å². The molecule has 1 aliphatic rings. The predicted octanol–water partition coefficient (Wildman–Crippen LogP) is 4.26. The molecule has 0 saturated carbocycles. The summed E-state index contributed by atoms with van der Waals surface area (Å²) in [6.45, 7) is 6.85. The molecule has 2 aromatic rings. The summed E-state index contributed by atoms with van der Waals surface area (Å²) in [5.74, 6) is -1.38. The van der Waals surface area contributed by atoms with E-state index in [1.54, 1.807) is 45.0 Å². The Labute approximate surface area is 185 Å². The van der Waals surface area contributed by atoms with E-state index in [1.165, 1.54) is 26.2 Å². The molecule has 0 aromatic heterocycles. The normalized spacial score (nSPS) is 14.7. The maximum absolute atomic E-state index is 13.8. The Kier molecular flexibility index (Phi) is 6.34. The summed E-state index contributed by atoms with van der Waals surface area (Å²) in [6, 6.07) is 10.9. The number of rotatable bonds is 4. The Bertz CT molecular complexity index is 1100. The minimum Gasteiger partial charge on any atom is -0.495 e. The van der Waals surface area contributed by atoms with E-state index < -0.39 is 29.3 Å². The van der Waals surface area contributed by atoms with Crippen LogP contribution in [0.2, 0.25) is 0 Å². The van der Waals surface area contributed by atoms with Gasteiger partial charge in [0, 0.05) is 24.6 Å². The van der Waals surface area contributed by atoms with Gasteiger partial charge in [0.2, 0.25) is 5.91 Å². The highest BCUT2D eigenvalue weighted by Crippen LogP contribution is 2.41. The van der Waals surface area contributed by atoms with Crippen LogP contribution in [-0.4, -0.2) is 30.6 Å². The standard InChI is InChI=1S/C24H25FN2O5/c1-14(28)27-19-12-17(25)10-11-18(19)20(22(27)29)21(31-5)16-8-6-15(7-9-16)13-26-23(30)32-24(2,3)4/h6-12H,13H2,1-5H3,(H,26,30)/b21-20+. The third-order valence-electron chi connectivity index (χ3n) is 4.68. The summed E-state index contributed by atoms with van der Waals surface area (Å²) in [4.78, 5) is 37.9. The molecule has 8 heteroatoms. The fourth-order valence-electron chi connectivity index (χ4n) is 3.40. The molecule has 32 heavy (non-hydrogen) atoms. The average molecular weight is 440 g/mol. The van der Waals surface area contributed by atoms with Gasteiger partial charge in [0.15, 0.2) is 0 Å². The molecule has 0 radical (unpaired) electrons. The number of fused-ring (bicyclic) bond motifs is 1. The number of anilines is 1. The van der Waals surface area contributed by atoms with Crippen LogP contribution < -0.4 is 10.2 Å². The van der Waals surface area contributed by atoms with E-state index >= 15 is 0 Å². The Morgan fingerprint density at radius 1 is 1.09 bits per heavy atom. The van der Waals surface area contributed by atoms with Crippen LogP contribution in [0.3, 0.4) is 0 Å². The first-order chi connectivity index (χ1) is 15.0. The fourth-order valence-corrected chi connectivity index (χ4v) is 3.40. The molecule has 1 N–H and O–H groups in total. The molecule has 0 atom stereocenters. The van der Waals surface area contributed by atoms with Gasteiger partial charge in [-0.25, -0.2) is 14.1 Å². The number of alkyl carbamates (subject to hydrolysis) is 1. The number of methoxy groups -OCH3 is 1. The monoisotopic (exact) mass is 440 g/mol. The lowest BCUT2D eigenvalue weighted by molar-refractivity contribution is -0.122. The summed E-state index contributed by atoms with van der Waals surface area (Å²) in [5, 5.41) is 2.68. The minimum atomic E-state index is -0.589. The first-order valence-corrected chi connectivity index (χ1v) is 10.0. The predicted molar refractivity (Wildman–Crippen MR) is 118 cm³/mol. The summed E-state index contributed by atoms with van der Waals surface area (Å²) in [6.07, 6.45) is -0.522. The van der Waals surface area contributed by atoms with Crippen molar-refractivity contribution in [2.75, 3.05) is 12.0 Å². The first kappa shape index (κ1) is 23.0. The van der Waals surface area contributed by atoms with E-state index in [4.69, 9.17) is 9.47 Å². The van der Waals surface area contributed by atoms with E-state index in [1.807, 2.05) is 0 Å². The summed E-state index contributed by atoms with van der Waals surface area (Å²) in [7, 11) is 1.42. The van der Waals surface area contributed by atoms with Crippen LogP contribution in [0.15, 0.2) is 42.5 Å². The number of halogens is 1. The Balaban J connectivity index is 1.91. The van der Waals surface area contributed by atoms with E-state index in [-0.39, 0.29) is 23.6 Å². The molecule has 0 bridgehead atoms. The lowest BCUT2D eigenvalue weighted by Gasteiger charge is -2.19. The van der Waals surface area contributed by atoms with Gasteiger partial charge >= 0.3 is 6.09 Å². The van der Waals surface area contributed by atoms with Crippen molar-refractivity contribution in [1.82, 2.24) is 5.32 Å². The third-order valence-corrected chi connectivity index (χ3v) is 4.68. The molecule has 0 aliphatic carbocycles. The second-order valence-electron chi connectivity index (χ2n) is 8.28. The van der Waals surface area contributed by atoms with Gasteiger partial charge in [-0.15, -0.1) is 0 Å². The fraction of sp³-hybridized carbons (Fsp3) is 0.292. The molecular weight excluding hydrogens is 415 g/mol. The zero-order chi connectivity index (χ0) is 23.6. The van der Waals surface area contributed by atoms with Gasteiger partial charge in [0.05, 0.1) is 18.4 Å². The Morgan fingerprint density at radius 3 is 2.31 bits per heavy atom. The van der Waals surface area contributed by atoms with Crippen LogP contribution in [0, 0.1) is 5.82 Å². The van der Waals surface area contributed by atoms with Crippen molar-refractivity contribution in [3.05, 3.63) is 65.0 Å². The smallest absolute Gasteiger partial charge is 0.407 e. The highest BCUT2D eigenvalue weighted by Gasteiger charge is 2.38. The number of imide groups is 1. The van der Waals surface area contributed by atoms with Gasteiger partial charge in [0.1, 0.15) is 17.2 Å². The number of nitrogens with zero attached hydrogens (tertiary/aromatic N) is 1. The van der Waals surface area contributed by atoms with Crippen molar-refractivity contribution >= 4 is 34.9 Å². The summed E-state index contributed by atoms with van der Waals surface area (Å²) < 4.78 is 24.5. The van der Waals surface area contributed by atoms with Gasteiger partial charge in [-0.05, 0) is 44.5 Å². The van der Waals surface area contributed by atoms with Crippen molar-refractivity contribution in [3.63, 3.8) is 0 Å². The number of nitrogens with one attached hydrogen (secondary N) is 1. The minimum absolute atomic E-state index is 0.178.